The summed E-state index contributed by atoms with van der Waals surface area (Å²) in [6.07, 6.45) is 1.60. The lowest BCUT2D eigenvalue weighted by Crippen LogP contribution is -2.15. The highest BCUT2D eigenvalue weighted by molar-refractivity contribution is 7.84. The van der Waals surface area contributed by atoms with E-state index in [1.54, 1.807) is 12.3 Å². The number of hydrazine groups is 1. The van der Waals surface area contributed by atoms with E-state index >= 15 is 0 Å². The van der Waals surface area contributed by atoms with Gasteiger partial charge in [0, 0.05) is 35.0 Å². The summed E-state index contributed by atoms with van der Waals surface area (Å²) >= 11 is 0. The molecular weight excluding hydrogens is 214 g/mol. The number of nitrogens with zero attached hydrogens (tertiary/aromatic N) is 2. The fourth-order valence-corrected chi connectivity index (χ4v) is 1.58. The minimum atomic E-state index is -0.754. The SMILES string of the molecule is CCS(=O)CCNc1ccnc(NN)n1. The molecule has 1 aromatic heterocycles. The summed E-state index contributed by atoms with van der Waals surface area (Å²) in [5.74, 6) is 7.49. The predicted octanol–water partition coefficient (Wildman–Crippen LogP) is -0.0573. The smallest absolute Gasteiger partial charge is 0.239 e. The molecule has 1 aromatic rings. The van der Waals surface area contributed by atoms with Crippen LogP contribution < -0.4 is 16.6 Å². The standard InChI is InChI=1S/C8H15N5OS/c1-2-15(14)6-5-10-7-3-4-11-8(12-7)13-9/h3-4H,2,5-6,9H2,1H3,(H2,10,11,12,13). The third kappa shape index (κ3) is 4.22. The van der Waals surface area contributed by atoms with Gasteiger partial charge in [-0.1, -0.05) is 6.92 Å². The summed E-state index contributed by atoms with van der Waals surface area (Å²) in [7, 11) is -0.754. The Hall–Kier alpha value is -1.21. The van der Waals surface area contributed by atoms with Crippen molar-refractivity contribution in [2.24, 2.45) is 5.84 Å². The molecule has 4 N–H and O–H groups in total. The van der Waals surface area contributed by atoms with Gasteiger partial charge >= 0.3 is 0 Å². The number of nitrogens with two attached hydrogens (primary N) is 1. The molecule has 0 spiro atoms. The van der Waals surface area contributed by atoms with Crippen LogP contribution in [0.15, 0.2) is 12.3 Å². The molecule has 84 valence electrons. The Morgan fingerprint density at radius 1 is 1.60 bits per heavy atom. The van der Waals surface area contributed by atoms with E-state index in [0.29, 0.717) is 29.8 Å². The van der Waals surface area contributed by atoms with Crippen molar-refractivity contribution >= 4 is 22.6 Å². The zero-order chi connectivity index (χ0) is 11.1. The van der Waals surface area contributed by atoms with E-state index in [1.807, 2.05) is 6.92 Å². The molecule has 0 fully saturated rings. The Morgan fingerprint density at radius 2 is 2.40 bits per heavy atom. The number of anilines is 2. The van der Waals surface area contributed by atoms with Crippen LogP contribution in [-0.4, -0.2) is 32.2 Å². The number of aromatic nitrogens is 2. The first-order valence-corrected chi connectivity index (χ1v) is 6.13. The van der Waals surface area contributed by atoms with Gasteiger partial charge in [-0.25, -0.2) is 10.8 Å². The number of hydrogen-bond donors (Lipinski definition) is 3. The molecule has 0 aliphatic carbocycles. The van der Waals surface area contributed by atoms with Gasteiger partial charge in [0.25, 0.3) is 0 Å². The van der Waals surface area contributed by atoms with E-state index < -0.39 is 10.8 Å². The van der Waals surface area contributed by atoms with Gasteiger partial charge in [-0.15, -0.1) is 0 Å². The summed E-state index contributed by atoms with van der Waals surface area (Å²) in [6.45, 7) is 2.53. The minimum absolute atomic E-state index is 0.358. The van der Waals surface area contributed by atoms with Crippen molar-refractivity contribution < 1.29 is 4.21 Å². The maximum atomic E-state index is 11.1. The molecule has 15 heavy (non-hydrogen) atoms. The Balaban J connectivity index is 2.40. The Morgan fingerprint density at radius 3 is 3.07 bits per heavy atom. The molecule has 0 radical (unpaired) electrons. The molecule has 7 heteroatoms. The quantitative estimate of drug-likeness (QED) is 0.467. The van der Waals surface area contributed by atoms with Gasteiger partial charge in [0.1, 0.15) is 5.82 Å². The second-order valence-electron chi connectivity index (χ2n) is 2.77. The molecule has 0 bridgehead atoms. The largest absolute Gasteiger partial charge is 0.369 e. The van der Waals surface area contributed by atoms with Gasteiger partial charge in [0.2, 0.25) is 5.95 Å². The molecule has 1 rings (SSSR count). The average Bonchev–Trinajstić information content (AvgIpc) is 2.29. The van der Waals surface area contributed by atoms with E-state index in [0.717, 1.165) is 0 Å². The first kappa shape index (κ1) is 11.9. The van der Waals surface area contributed by atoms with E-state index in [4.69, 9.17) is 5.84 Å². The summed E-state index contributed by atoms with van der Waals surface area (Å²) in [5, 5.41) is 3.04. The number of nitrogen functional groups attached to an aromatic ring is 1. The number of rotatable bonds is 6. The van der Waals surface area contributed by atoms with Gasteiger partial charge in [-0.05, 0) is 6.07 Å². The van der Waals surface area contributed by atoms with Gasteiger partial charge in [0.15, 0.2) is 0 Å². The summed E-state index contributed by atoms with van der Waals surface area (Å²) in [6, 6.07) is 1.73. The fourth-order valence-electron chi connectivity index (χ4n) is 0.964. The molecular formula is C8H15N5OS. The zero-order valence-electron chi connectivity index (χ0n) is 8.56. The zero-order valence-corrected chi connectivity index (χ0v) is 9.38. The lowest BCUT2D eigenvalue weighted by Gasteiger charge is -2.05. The molecule has 0 saturated heterocycles. The number of nitrogens with one attached hydrogen (secondary N) is 2. The Labute approximate surface area is 91.1 Å². The van der Waals surface area contributed by atoms with Crippen molar-refractivity contribution in [1.82, 2.24) is 9.97 Å². The van der Waals surface area contributed by atoms with Gasteiger partial charge in [-0.2, -0.15) is 4.98 Å². The number of hydrogen-bond acceptors (Lipinski definition) is 6. The molecule has 0 saturated carbocycles. The molecule has 0 aliphatic rings. The third-order valence-corrected chi connectivity index (χ3v) is 3.05. The highest BCUT2D eigenvalue weighted by Crippen LogP contribution is 2.03. The predicted molar refractivity (Wildman–Crippen MR) is 61.9 cm³/mol. The highest BCUT2D eigenvalue weighted by Gasteiger charge is 1.98. The van der Waals surface area contributed by atoms with E-state index in [9.17, 15) is 4.21 Å². The summed E-state index contributed by atoms with van der Waals surface area (Å²) < 4.78 is 11.1. The maximum Gasteiger partial charge on any atom is 0.239 e. The van der Waals surface area contributed by atoms with Crippen molar-refractivity contribution in [2.75, 3.05) is 28.8 Å². The molecule has 0 amide bonds. The maximum absolute atomic E-state index is 11.1. The Bertz CT molecular complexity index is 333. The minimum Gasteiger partial charge on any atom is -0.369 e. The van der Waals surface area contributed by atoms with Gasteiger partial charge < -0.3 is 5.32 Å². The van der Waals surface area contributed by atoms with Crippen LogP contribution in [0, 0.1) is 0 Å². The van der Waals surface area contributed by atoms with Crippen LogP contribution in [0.3, 0.4) is 0 Å². The van der Waals surface area contributed by atoms with E-state index in [1.165, 1.54) is 0 Å². The van der Waals surface area contributed by atoms with Crippen molar-refractivity contribution in [1.29, 1.82) is 0 Å². The second-order valence-corrected chi connectivity index (χ2v) is 4.63. The van der Waals surface area contributed by atoms with E-state index in [2.05, 4.69) is 20.7 Å². The lowest BCUT2D eigenvalue weighted by atomic mass is 10.5. The highest BCUT2D eigenvalue weighted by atomic mass is 32.2. The first-order chi connectivity index (χ1) is 7.26. The first-order valence-electron chi connectivity index (χ1n) is 4.64. The van der Waals surface area contributed by atoms with E-state index in [-0.39, 0.29) is 0 Å². The van der Waals surface area contributed by atoms with Crippen LogP contribution in [-0.2, 0) is 10.8 Å². The molecule has 1 atom stereocenters. The monoisotopic (exact) mass is 229 g/mol. The van der Waals surface area contributed by atoms with Gasteiger partial charge in [0.05, 0.1) is 0 Å². The average molecular weight is 229 g/mol. The van der Waals surface area contributed by atoms with Crippen LogP contribution in [0.5, 0.6) is 0 Å². The van der Waals surface area contributed by atoms with Crippen LogP contribution in [0.25, 0.3) is 0 Å². The second kappa shape index (κ2) is 6.31. The lowest BCUT2D eigenvalue weighted by molar-refractivity contribution is 0.684. The van der Waals surface area contributed by atoms with Crippen molar-refractivity contribution in [2.45, 2.75) is 6.92 Å². The topological polar surface area (TPSA) is 92.9 Å². The van der Waals surface area contributed by atoms with Crippen LogP contribution >= 0.6 is 0 Å². The molecule has 6 nitrogen and oxygen atoms in total. The normalized spacial score (nSPS) is 12.1. The fraction of sp³-hybridized carbons (Fsp3) is 0.500. The molecule has 1 unspecified atom stereocenters. The summed E-state index contributed by atoms with van der Waals surface area (Å²) in [5.41, 5.74) is 2.36. The van der Waals surface area contributed by atoms with Crippen molar-refractivity contribution in [3.63, 3.8) is 0 Å². The van der Waals surface area contributed by atoms with Crippen LogP contribution in [0.4, 0.5) is 11.8 Å². The molecule has 1 heterocycles. The third-order valence-electron chi connectivity index (χ3n) is 1.74. The summed E-state index contributed by atoms with van der Waals surface area (Å²) in [4.78, 5) is 7.93. The molecule has 0 aliphatic heterocycles. The van der Waals surface area contributed by atoms with Crippen molar-refractivity contribution in [3.05, 3.63) is 12.3 Å². The Kier molecular flexibility index (Phi) is 4.99. The van der Waals surface area contributed by atoms with Crippen LogP contribution in [0.1, 0.15) is 6.92 Å². The molecule has 0 aromatic carbocycles. The van der Waals surface area contributed by atoms with Crippen molar-refractivity contribution in [3.8, 4) is 0 Å². The van der Waals surface area contributed by atoms with Crippen LogP contribution in [0.2, 0.25) is 0 Å². The van der Waals surface area contributed by atoms with Gasteiger partial charge in [-0.3, -0.25) is 9.63 Å².